The van der Waals surface area contributed by atoms with Gasteiger partial charge in [-0.15, -0.1) is 13.2 Å². The summed E-state index contributed by atoms with van der Waals surface area (Å²) in [5, 5.41) is 0.295. The van der Waals surface area contributed by atoms with Gasteiger partial charge in [0.05, 0.1) is 5.75 Å². The average molecular weight is 278 g/mol. The molecule has 0 unspecified atom stereocenters. The van der Waals surface area contributed by atoms with Crippen LogP contribution in [0.3, 0.4) is 0 Å². The van der Waals surface area contributed by atoms with Gasteiger partial charge < -0.3 is 4.74 Å². The number of carbonyl (C=O) groups excluding carboxylic acids is 1. The highest BCUT2D eigenvalue weighted by molar-refractivity contribution is 8.00. The number of carbonyl (C=O) groups is 1. The molecule has 100 valence electrons. The molecule has 0 N–H and O–H groups in total. The number of Topliss-reactive ketones (excluding diaryl/α,β-unsaturated/α-hetero) is 1. The van der Waals surface area contributed by atoms with Crippen LogP contribution in [0.4, 0.5) is 13.2 Å². The second-order valence-electron chi connectivity index (χ2n) is 3.86. The summed E-state index contributed by atoms with van der Waals surface area (Å²) in [4.78, 5) is 11.7. The van der Waals surface area contributed by atoms with Crippen LogP contribution in [0.1, 0.15) is 24.2 Å². The zero-order valence-electron chi connectivity index (χ0n) is 9.95. The van der Waals surface area contributed by atoms with Crippen molar-refractivity contribution in [1.29, 1.82) is 0 Å². The fraction of sp³-hybridized carbons (Fsp3) is 0.417. The second-order valence-corrected chi connectivity index (χ2v) is 5.42. The van der Waals surface area contributed by atoms with Crippen molar-refractivity contribution in [1.82, 2.24) is 0 Å². The van der Waals surface area contributed by atoms with E-state index < -0.39 is 6.36 Å². The quantitative estimate of drug-likeness (QED) is 0.764. The van der Waals surface area contributed by atoms with Crippen molar-refractivity contribution in [3.8, 4) is 5.75 Å². The molecule has 0 spiro atoms. The van der Waals surface area contributed by atoms with E-state index in [1.54, 1.807) is 0 Å². The van der Waals surface area contributed by atoms with Gasteiger partial charge in [-0.1, -0.05) is 26.0 Å². The van der Waals surface area contributed by atoms with Gasteiger partial charge in [0, 0.05) is 5.56 Å². The third-order valence-corrected chi connectivity index (χ3v) is 3.03. The molecule has 0 aliphatic heterocycles. The van der Waals surface area contributed by atoms with E-state index in [2.05, 4.69) is 4.74 Å². The molecule has 0 radical (unpaired) electrons. The number of alkyl halides is 3. The number of halogens is 3. The number of hydrogen-bond acceptors (Lipinski definition) is 3. The van der Waals surface area contributed by atoms with Crippen LogP contribution in [-0.4, -0.2) is 23.1 Å². The van der Waals surface area contributed by atoms with Crippen molar-refractivity contribution in [3.05, 3.63) is 29.8 Å². The van der Waals surface area contributed by atoms with Gasteiger partial charge in [0.1, 0.15) is 5.75 Å². The van der Waals surface area contributed by atoms with Crippen molar-refractivity contribution in [2.24, 2.45) is 0 Å². The maximum absolute atomic E-state index is 12.0. The van der Waals surface area contributed by atoms with E-state index in [1.807, 2.05) is 13.8 Å². The Kier molecular flexibility index (Phi) is 5.07. The molecule has 0 heterocycles. The van der Waals surface area contributed by atoms with E-state index in [4.69, 9.17) is 0 Å². The molecule has 1 rings (SSSR count). The molecule has 0 aliphatic carbocycles. The van der Waals surface area contributed by atoms with Gasteiger partial charge in [0.15, 0.2) is 5.78 Å². The van der Waals surface area contributed by atoms with Gasteiger partial charge in [-0.2, -0.15) is 11.8 Å². The lowest BCUT2D eigenvalue weighted by Crippen LogP contribution is -2.17. The molecule has 0 saturated carbocycles. The predicted molar refractivity (Wildman–Crippen MR) is 65.0 cm³/mol. The molecule has 0 aliphatic rings. The topological polar surface area (TPSA) is 26.3 Å². The predicted octanol–water partition coefficient (Wildman–Crippen LogP) is 3.91. The molecule has 2 nitrogen and oxygen atoms in total. The third-order valence-electron chi connectivity index (χ3n) is 1.94. The van der Waals surface area contributed by atoms with Gasteiger partial charge in [-0.25, -0.2) is 0 Å². The van der Waals surface area contributed by atoms with Gasteiger partial charge in [0.25, 0.3) is 0 Å². The third kappa shape index (κ3) is 5.44. The van der Waals surface area contributed by atoms with Crippen molar-refractivity contribution >= 4 is 17.5 Å². The summed E-state index contributed by atoms with van der Waals surface area (Å²) in [6.07, 6.45) is -4.74. The van der Waals surface area contributed by atoms with E-state index in [0.29, 0.717) is 5.25 Å². The molecular formula is C12H13F3O2S. The lowest BCUT2D eigenvalue weighted by molar-refractivity contribution is -0.274. The minimum absolute atomic E-state index is 0.207. The van der Waals surface area contributed by atoms with E-state index in [0.717, 1.165) is 6.07 Å². The van der Waals surface area contributed by atoms with Crippen LogP contribution < -0.4 is 4.74 Å². The Balaban J connectivity index is 2.72. The summed E-state index contributed by atoms with van der Waals surface area (Å²) >= 11 is 1.44. The molecule has 1 aromatic carbocycles. The highest BCUT2D eigenvalue weighted by Crippen LogP contribution is 2.24. The zero-order chi connectivity index (χ0) is 13.8. The van der Waals surface area contributed by atoms with Crippen LogP contribution in [0.25, 0.3) is 0 Å². The van der Waals surface area contributed by atoms with E-state index >= 15 is 0 Å². The molecule has 0 saturated heterocycles. The molecule has 18 heavy (non-hydrogen) atoms. The summed E-state index contributed by atoms with van der Waals surface area (Å²) in [5.74, 6) is -0.336. The number of thioether (sulfide) groups is 1. The smallest absolute Gasteiger partial charge is 0.406 e. The summed E-state index contributed by atoms with van der Waals surface area (Å²) in [6.45, 7) is 3.89. The number of ketones is 1. The van der Waals surface area contributed by atoms with Crippen LogP contribution in [0.2, 0.25) is 0 Å². The Morgan fingerprint density at radius 2 is 2.06 bits per heavy atom. The monoisotopic (exact) mass is 278 g/mol. The molecule has 0 amide bonds. The van der Waals surface area contributed by atoms with Crippen LogP contribution in [0, 0.1) is 0 Å². The second kappa shape index (κ2) is 6.13. The zero-order valence-corrected chi connectivity index (χ0v) is 10.8. The highest BCUT2D eigenvalue weighted by Gasteiger charge is 2.31. The maximum atomic E-state index is 12.0. The Morgan fingerprint density at radius 1 is 1.39 bits per heavy atom. The lowest BCUT2D eigenvalue weighted by atomic mass is 10.1. The first-order valence-electron chi connectivity index (χ1n) is 5.28. The first-order chi connectivity index (χ1) is 8.28. The fourth-order valence-corrected chi connectivity index (χ4v) is 1.84. The van der Waals surface area contributed by atoms with E-state index in [9.17, 15) is 18.0 Å². The first-order valence-corrected chi connectivity index (χ1v) is 6.33. The standard InChI is InChI=1S/C12H13F3O2S/c1-8(2)18-7-11(16)9-4-3-5-10(6-9)17-12(13,14)15/h3-6,8H,7H2,1-2H3. The molecular weight excluding hydrogens is 265 g/mol. The van der Waals surface area contributed by atoms with Crippen LogP contribution in [0.5, 0.6) is 5.75 Å². The lowest BCUT2D eigenvalue weighted by Gasteiger charge is -2.10. The maximum Gasteiger partial charge on any atom is 0.573 e. The van der Waals surface area contributed by atoms with E-state index in [1.165, 1.54) is 30.0 Å². The average Bonchev–Trinajstić information content (AvgIpc) is 2.23. The van der Waals surface area contributed by atoms with Gasteiger partial charge in [-0.05, 0) is 17.4 Å². The van der Waals surface area contributed by atoms with Crippen molar-refractivity contribution < 1.29 is 22.7 Å². The Hall–Kier alpha value is -1.17. The number of ether oxygens (including phenoxy) is 1. The van der Waals surface area contributed by atoms with Gasteiger partial charge in [0.2, 0.25) is 0 Å². The van der Waals surface area contributed by atoms with Gasteiger partial charge >= 0.3 is 6.36 Å². The van der Waals surface area contributed by atoms with E-state index in [-0.39, 0.29) is 22.8 Å². The number of rotatable bonds is 5. The molecule has 0 atom stereocenters. The molecule has 1 aromatic rings. The van der Waals surface area contributed by atoms with Crippen molar-refractivity contribution in [2.45, 2.75) is 25.5 Å². The summed E-state index contributed by atoms with van der Waals surface area (Å²) in [5.41, 5.74) is 0.227. The normalized spacial score (nSPS) is 11.7. The van der Waals surface area contributed by atoms with Crippen molar-refractivity contribution in [3.63, 3.8) is 0 Å². The minimum Gasteiger partial charge on any atom is -0.406 e. The van der Waals surface area contributed by atoms with Crippen LogP contribution in [0.15, 0.2) is 24.3 Å². The number of hydrogen-bond donors (Lipinski definition) is 0. The molecule has 6 heteroatoms. The number of benzene rings is 1. The van der Waals surface area contributed by atoms with Crippen molar-refractivity contribution in [2.75, 3.05) is 5.75 Å². The Labute approximate surface area is 108 Å². The fourth-order valence-electron chi connectivity index (χ4n) is 1.19. The molecule has 0 fully saturated rings. The largest absolute Gasteiger partial charge is 0.573 e. The van der Waals surface area contributed by atoms with Crippen LogP contribution >= 0.6 is 11.8 Å². The minimum atomic E-state index is -4.74. The summed E-state index contributed by atoms with van der Waals surface area (Å²) in [7, 11) is 0. The Bertz CT molecular complexity index is 416. The molecule has 0 aromatic heterocycles. The van der Waals surface area contributed by atoms with Crippen LogP contribution in [-0.2, 0) is 0 Å². The van der Waals surface area contributed by atoms with Gasteiger partial charge in [-0.3, -0.25) is 4.79 Å². The summed E-state index contributed by atoms with van der Waals surface area (Å²) < 4.78 is 39.8. The summed E-state index contributed by atoms with van der Waals surface area (Å²) in [6, 6.07) is 5.12. The molecule has 0 bridgehead atoms. The highest BCUT2D eigenvalue weighted by atomic mass is 32.2. The SMILES string of the molecule is CC(C)SCC(=O)c1cccc(OC(F)(F)F)c1. The Morgan fingerprint density at radius 3 is 2.61 bits per heavy atom. The first kappa shape index (κ1) is 14.9.